The Morgan fingerprint density at radius 3 is 2.06 bits per heavy atom. The van der Waals surface area contributed by atoms with Crippen LogP contribution in [0.2, 0.25) is 0 Å². The van der Waals surface area contributed by atoms with E-state index in [0.717, 1.165) is 17.7 Å². The first kappa shape index (κ1) is 21.6. The van der Waals surface area contributed by atoms with Crippen LogP contribution < -0.4 is 0 Å². The van der Waals surface area contributed by atoms with Gasteiger partial charge in [0.2, 0.25) is 15.9 Å². The van der Waals surface area contributed by atoms with Gasteiger partial charge in [0.1, 0.15) is 0 Å². The van der Waals surface area contributed by atoms with E-state index >= 15 is 0 Å². The second-order valence-electron chi connectivity index (χ2n) is 8.09. The number of hydrogen-bond acceptors (Lipinski definition) is 5. The van der Waals surface area contributed by atoms with Crippen LogP contribution in [-0.4, -0.2) is 48.8 Å². The van der Waals surface area contributed by atoms with Gasteiger partial charge in [0, 0.05) is 43.9 Å². The van der Waals surface area contributed by atoms with Crippen LogP contribution in [0.15, 0.2) is 100 Å². The summed E-state index contributed by atoms with van der Waals surface area (Å²) in [6.07, 6.45) is 1.68. The molecular formula is C26H25N3O3S. The van der Waals surface area contributed by atoms with E-state index in [4.69, 9.17) is 4.42 Å². The lowest BCUT2D eigenvalue weighted by molar-refractivity contribution is 0.181. The summed E-state index contributed by atoms with van der Waals surface area (Å²) in [6, 6.07) is 26.8. The van der Waals surface area contributed by atoms with Gasteiger partial charge < -0.3 is 4.42 Å². The number of nitrogens with zero attached hydrogens (tertiary/aromatic N) is 3. The third-order valence-corrected chi connectivity index (χ3v) is 7.80. The number of hydrogen-bond donors (Lipinski definition) is 0. The van der Waals surface area contributed by atoms with Crippen molar-refractivity contribution in [2.24, 2.45) is 0 Å². The highest BCUT2D eigenvalue weighted by Gasteiger charge is 2.28. The summed E-state index contributed by atoms with van der Waals surface area (Å²) < 4.78 is 33.8. The van der Waals surface area contributed by atoms with Gasteiger partial charge in [-0.05, 0) is 29.8 Å². The zero-order valence-electron chi connectivity index (χ0n) is 18.2. The van der Waals surface area contributed by atoms with Crippen LogP contribution in [0, 0.1) is 0 Å². The fourth-order valence-electron chi connectivity index (χ4n) is 4.03. The molecule has 33 heavy (non-hydrogen) atoms. The number of aromatic nitrogens is 1. The molecule has 0 unspecified atom stereocenters. The summed E-state index contributed by atoms with van der Waals surface area (Å²) in [6.45, 7) is 3.23. The zero-order chi connectivity index (χ0) is 22.7. The van der Waals surface area contributed by atoms with Crippen molar-refractivity contribution in [3.63, 3.8) is 0 Å². The van der Waals surface area contributed by atoms with Gasteiger partial charge in [-0.3, -0.25) is 4.90 Å². The highest BCUT2D eigenvalue weighted by Crippen LogP contribution is 2.27. The molecule has 0 saturated carbocycles. The first-order chi connectivity index (χ1) is 16.1. The minimum Gasteiger partial charge on any atom is -0.436 e. The van der Waals surface area contributed by atoms with Crippen LogP contribution in [0.1, 0.15) is 5.56 Å². The summed E-state index contributed by atoms with van der Waals surface area (Å²) in [7, 11) is -3.54. The Bertz CT molecular complexity index is 1300. The third kappa shape index (κ3) is 4.75. The number of rotatable bonds is 6. The first-order valence-corrected chi connectivity index (χ1v) is 12.4. The lowest BCUT2D eigenvalue weighted by Gasteiger charge is -2.34. The van der Waals surface area contributed by atoms with E-state index in [0.29, 0.717) is 37.8 Å². The van der Waals surface area contributed by atoms with Gasteiger partial charge >= 0.3 is 0 Å². The van der Waals surface area contributed by atoms with E-state index in [1.807, 2.05) is 48.5 Å². The average molecular weight is 460 g/mol. The van der Waals surface area contributed by atoms with Crippen LogP contribution in [-0.2, 0) is 16.6 Å². The largest absolute Gasteiger partial charge is 0.436 e. The van der Waals surface area contributed by atoms with Gasteiger partial charge in [-0.25, -0.2) is 13.4 Å². The van der Waals surface area contributed by atoms with E-state index in [1.165, 1.54) is 5.56 Å². The van der Waals surface area contributed by atoms with Crippen LogP contribution in [0.3, 0.4) is 0 Å². The predicted octanol–water partition coefficient (Wildman–Crippen LogP) is 4.52. The van der Waals surface area contributed by atoms with Crippen molar-refractivity contribution in [1.82, 2.24) is 14.2 Å². The predicted molar refractivity (Wildman–Crippen MR) is 128 cm³/mol. The number of sulfonamides is 1. The van der Waals surface area contributed by atoms with E-state index in [1.54, 1.807) is 34.8 Å². The van der Waals surface area contributed by atoms with E-state index in [9.17, 15) is 8.42 Å². The normalized spacial score (nSPS) is 15.5. The summed E-state index contributed by atoms with van der Waals surface area (Å²) in [5.74, 6) is 1.14. The molecule has 0 aliphatic carbocycles. The Morgan fingerprint density at radius 1 is 0.758 bits per heavy atom. The van der Waals surface area contributed by atoms with Gasteiger partial charge in [-0.1, -0.05) is 60.7 Å². The highest BCUT2D eigenvalue weighted by molar-refractivity contribution is 7.89. The van der Waals surface area contributed by atoms with E-state index in [-0.39, 0.29) is 4.90 Å². The van der Waals surface area contributed by atoms with Gasteiger partial charge in [-0.15, -0.1) is 0 Å². The number of piperazine rings is 1. The highest BCUT2D eigenvalue weighted by atomic mass is 32.2. The molecule has 1 aromatic heterocycles. The Hall–Kier alpha value is -3.26. The molecule has 1 fully saturated rings. The zero-order valence-corrected chi connectivity index (χ0v) is 19.0. The molecule has 3 aromatic carbocycles. The van der Waals surface area contributed by atoms with Gasteiger partial charge in [0.15, 0.2) is 5.76 Å². The maximum absolute atomic E-state index is 13.2. The Balaban J connectivity index is 1.25. The average Bonchev–Trinajstić information content (AvgIpc) is 3.36. The molecule has 0 amide bonds. The standard InChI is InChI=1S/C26H25N3O3S/c30-33(31,29-17-15-28(16-18-29)20-21-7-3-1-4-8-21)24-13-11-23(12-14-24)26-27-19-25(32-26)22-9-5-2-6-10-22/h1-14,19H,15-18,20H2. The SMILES string of the molecule is O=S(=O)(c1ccc(-c2ncc(-c3ccccc3)o2)cc1)N1CCN(Cc2ccccc2)CC1. The molecule has 6 nitrogen and oxygen atoms in total. The van der Waals surface area contributed by atoms with Crippen molar-refractivity contribution in [1.29, 1.82) is 0 Å². The Morgan fingerprint density at radius 2 is 1.39 bits per heavy atom. The number of benzene rings is 3. The van der Waals surface area contributed by atoms with Crippen molar-refractivity contribution >= 4 is 10.0 Å². The maximum atomic E-state index is 13.2. The van der Waals surface area contributed by atoms with Crippen LogP contribution in [0.25, 0.3) is 22.8 Å². The van der Waals surface area contributed by atoms with Crippen molar-refractivity contribution in [2.75, 3.05) is 26.2 Å². The second-order valence-corrected chi connectivity index (χ2v) is 10.0. The van der Waals surface area contributed by atoms with E-state index in [2.05, 4.69) is 22.0 Å². The Kier molecular flexibility index (Phi) is 6.09. The molecule has 7 heteroatoms. The van der Waals surface area contributed by atoms with Crippen LogP contribution in [0.4, 0.5) is 0 Å². The fraction of sp³-hybridized carbons (Fsp3) is 0.192. The van der Waals surface area contributed by atoms with Crippen molar-refractivity contribution in [3.05, 3.63) is 96.7 Å². The van der Waals surface area contributed by atoms with E-state index < -0.39 is 10.0 Å². The molecule has 168 valence electrons. The number of oxazole rings is 1. The van der Waals surface area contributed by atoms with Gasteiger partial charge in [0.05, 0.1) is 11.1 Å². The summed E-state index contributed by atoms with van der Waals surface area (Å²) in [4.78, 5) is 6.93. The summed E-state index contributed by atoms with van der Waals surface area (Å²) in [5.41, 5.74) is 2.93. The third-order valence-electron chi connectivity index (χ3n) is 5.88. The maximum Gasteiger partial charge on any atom is 0.243 e. The Labute approximate surface area is 194 Å². The molecule has 0 bridgehead atoms. The molecule has 1 aliphatic rings. The second kappa shape index (κ2) is 9.31. The molecule has 1 aliphatic heterocycles. The van der Waals surface area contributed by atoms with Crippen molar-refractivity contribution < 1.29 is 12.8 Å². The van der Waals surface area contributed by atoms with Gasteiger partial charge in [0.25, 0.3) is 0 Å². The molecule has 0 spiro atoms. The topological polar surface area (TPSA) is 66.7 Å². The smallest absolute Gasteiger partial charge is 0.243 e. The molecule has 2 heterocycles. The molecular weight excluding hydrogens is 434 g/mol. The first-order valence-electron chi connectivity index (χ1n) is 11.0. The van der Waals surface area contributed by atoms with Gasteiger partial charge in [-0.2, -0.15) is 4.31 Å². The summed E-state index contributed by atoms with van der Waals surface area (Å²) >= 11 is 0. The monoisotopic (exact) mass is 459 g/mol. The molecule has 0 atom stereocenters. The molecule has 1 saturated heterocycles. The molecule has 0 radical (unpaired) electrons. The van der Waals surface area contributed by atoms with Crippen LogP contribution in [0.5, 0.6) is 0 Å². The molecule has 4 aromatic rings. The molecule has 5 rings (SSSR count). The lowest BCUT2D eigenvalue weighted by Crippen LogP contribution is -2.48. The fourth-order valence-corrected chi connectivity index (χ4v) is 5.45. The minimum absolute atomic E-state index is 0.289. The molecule has 0 N–H and O–H groups in total. The minimum atomic E-state index is -3.54. The quantitative estimate of drug-likeness (QED) is 0.424. The lowest BCUT2D eigenvalue weighted by atomic mass is 10.2. The van der Waals surface area contributed by atoms with Crippen molar-refractivity contribution in [2.45, 2.75) is 11.4 Å². The van der Waals surface area contributed by atoms with Crippen LogP contribution >= 0.6 is 0 Å². The van der Waals surface area contributed by atoms with Crippen molar-refractivity contribution in [3.8, 4) is 22.8 Å². The summed E-state index contributed by atoms with van der Waals surface area (Å²) in [5, 5.41) is 0.